The maximum atomic E-state index is 12.2. The van der Waals surface area contributed by atoms with Crippen molar-refractivity contribution in [2.24, 2.45) is 0 Å². The van der Waals surface area contributed by atoms with Crippen molar-refractivity contribution in [3.05, 3.63) is 40.9 Å². The third-order valence-corrected chi connectivity index (χ3v) is 4.97. The normalized spacial score (nSPS) is 17.6. The zero-order chi connectivity index (χ0) is 16.2. The number of nitrogens with one attached hydrogen (secondary N) is 1. The number of amides is 1. The molecule has 1 atom stereocenters. The van der Waals surface area contributed by atoms with Gasteiger partial charge < -0.3 is 10.1 Å². The molecule has 1 saturated heterocycles. The van der Waals surface area contributed by atoms with E-state index in [0.29, 0.717) is 18.2 Å². The van der Waals surface area contributed by atoms with Crippen LogP contribution in [0.4, 0.5) is 0 Å². The molecule has 3 rings (SSSR count). The lowest BCUT2D eigenvalue weighted by molar-refractivity contribution is 0.0854. The molecule has 0 bridgehead atoms. The summed E-state index contributed by atoms with van der Waals surface area (Å²) in [7, 11) is 0. The number of hydrogen-bond acceptors (Lipinski definition) is 4. The van der Waals surface area contributed by atoms with Gasteiger partial charge in [0.25, 0.3) is 5.91 Å². The predicted octanol–water partition coefficient (Wildman–Crippen LogP) is 3.84. The van der Waals surface area contributed by atoms with Crippen LogP contribution in [-0.4, -0.2) is 30.1 Å². The molecule has 1 fully saturated rings. The van der Waals surface area contributed by atoms with Crippen molar-refractivity contribution in [2.45, 2.75) is 38.7 Å². The van der Waals surface area contributed by atoms with Crippen LogP contribution in [0.3, 0.4) is 0 Å². The van der Waals surface area contributed by atoms with Gasteiger partial charge >= 0.3 is 0 Å². The van der Waals surface area contributed by atoms with E-state index in [1.807, 2.05) is 5.38 Å². The summed E-state index contributed by atoms with van der Waals surface area (Å²) < 4.78 is 5.51. The molecule has 1 N–H and O–H groups in total. The zero-order valence-corrected chi connectivity index (χ0v) is 14.4. The molecule has 0 aliphatic carbocycles. The summed E-state index contributed by atoms with van der Waals surface area (Å²) in [5, 5.41) is 5.60. The number of thiazole rings is 1. The lowest BCUT2D eigenvalue weighted by Crippen LogP contribution is -2.31. The first-order valence-electron chi connectivity index (χ1n) is 8.09. The van der Waals surface area contributed by atoms with Crippen LogP contribution >= 0.6 is 11.3 Å². The van der Waals surface area contributed by atoms with Crippen LogP contribution in [0.1, 0.15) is 48.7 Å². The number of nitrogens with zero attached hydrogens (tertiary/aromatic N) is 1. The highest BCUT2D eigenvalue weighted by atomic mass is 32.1. The predicted molar refractivity (Wildman–Crippen MR) is 92.9 cm³/mol. The molecule has 5 heteroatoms. The lowest BCUT2D eigenvalue weighted by atomic mass is 10.0. The van der Waals surface area contributed by atoms with Crippen LogP contribution < -0.4 is 5.32 Å². The van der Waals surface area contributed by atoms with Gasteiger partial charge in [-0.2, -0.15) is 0 Å². The van der Waals surface area contributed by atoms with Crippen molar-refractivity contribution < 1.29 is 9.53 Å². The standard InChI is InChI=1S/C18H22N2O2S/c1-12(2)13-5-7-14(8-6-13)18-20-16(11-23-18)17(21)19-10-15-4-3-9-22-15/h5-8,11-12,15H,3-4,9-10H2,1-2H3,(H,19,21)/t15-/m0/s1. The topological polar surface area (TPSA) is 51.2 Å². The lowest BCUT2D eigenvalue weighted by Gasteiger charge is -2.09. The second kappa shape index (κ2) is 7.23. The zero-order valence-electron chi connectivity index (χ0n) is 13.5. The van der Waals surface area contributed by atoms with Gasteiger partial charge in [-0.05, 0) is 24.3 Å². The summed E-state index contributed by atoms with van der Waals surface area (Å²) in [6.07, 6.45) is 2.25. The molecular formula is C18H22N2O2S. The minimum atomic E-state index is -0.123. The van der Waals surface area contributed by atoms with Gasteiger partial charge in [-0.1, -0.05) is 38.1 Å². The van der Waals surface area contributed by atoms with Gasteiger partial charge in [0, 0.05) is 24.1 Å². The Kier molecular flexibility index (Phi) is 5.08. The summed E-state index contributed by atoms with van der Waals surface area (Å²) in [5.41, 5.74) is 2.84. The van der Waals surface area contributed by atoms with E-state index in [9.17, 15) is 4.79 Å². The highest BCUT2D eigenvalue weighted by Crippen LogP contribution is 2.25. The average molecular weight is 330 g/mol. The number of ether oxygens (including phenoxy) is 1. The second-order valence-electron chi connectivity index (χ2n) is 6.16. The molecule has 0 unspecified atom stereocenters. The maximum absolute atomic E-state index is 12.2. The van der Waals surface area contributed by atoms with Gasteiger partial charge in [-0.15, -0.1) is 11.3 Å². The minimum absolute atomic E-state index is 0.123. The van der Waals surface area contributed by atoms with Crippen molar-refractivity contribution >= 4 is 17.2 Å². The Morgan fingerprint density at radius 3 is 2.83 bits per heavy atom. The molecule has 1 amide bonds. The van der Waals surface area contributed by atoms with E-state index >= 15 is 0 Å². The highest BCUT2D eigenvalue weighted by Gasteiger charge is 2.18. The van der Waals surface area contributed by atoms with E-state index in [2.05, 4.69) is 48.4 Å². The first-order chi connectivity index (χ1) is 11.1. The first kappa shape index (κ1) is 16.1. The van der Waals surface area contributed by atoms with Crippen molar-refractivity contribution in [1.29, 1.82) is 0 Å². The van der Waals surface area contributed by atoms with Crippen LogP contribution in [0.25, 0.3) is 10.6 Å². The van der Waals surface area contributed by atoms with Crippen LogP contribution in [0.2, 0.25) is 0 Å². The monoisotopic (exact) mass is 330 g/mol. The van der Waals surface area contributed by atoms with Gasteiger partial charge in [0.15, 0.2) is 0 Å². The molecule has 4 nitrogen and oxygen atoms in total. The van der Waals surface area contributed by atoms with Crippen LogP contribution in [0, 0.1) is 0 Å². The Morgan fingerprint density at radius 1 is 1.39 bits per heavy atom. The van der Waals surface area contributed by atoms with E-state index in [0.717, 1.165) is 30.0 Å². The maximum Gasteiger partial charge on any atom is 0.270 e. The van der Waals surface area contributed by atoms with Gasteiger partial charge in [-0.25, -0.2) is 4.98 Å². The van der Waals surface area contributed by atoms with E-state index in [1.165, 1.54) is 16.9 Å². The Labute approximate surface area is 140 Å². The van der Waals surface area contributed by atoms with Gasteiger partial charge in [0.1, 0.15) is 10.7 Å². The molecule has 1 aromatic carbocycles. The second-order valence-corrected chi connectivity index (χ2v) is 7.02. The van der Waals surface area contributed by atoms with Crippen molar-refractivity contribution in [3.63, 3.8) is 0 Å². The summed E-state index contributed by atoms with van der Waals surface area (Å²) in [6.45, 7) is 5.71. The summed E-state index contributed by atoms with van der Waals surface area (Å²) in [4.78, 5) is 16.6. The van der Waals surface area contributed by atoms with E-state index in [4.69, 9.17) is 4.74 Å². The van der Waals surface area contributed by atoms with Gasteiger partial charge in [0.2, 0.25) is 0 Å². The largest absolute Gasteiger partial charge is 0.376 e. The molecule has 2 aromatic rings. The Hall–Kier alpha value is -1.72. The average Bonchev–Trinajstić information content (AvgIpc) is 3.24. The fraction of sp³-hybridized carbons (Fsp3) is 0.444. The molecular weight excluding hydrogens is 308 g/mol. The summed E-state index contributed by atoms with van der Waals surface area (Å²) >= 11 is 1.50. The quantitative estimate of drug-likeness (QED) is 0.906. The van der Waals surface area contributed by atoms with Crippen LogP contribution in [0.15, 0.2) is 29.6 Å². The number of hydrogen-bond donors (Lipinski definition) is 1. The number of carbonyl (C=O) groups is 1. The third kappa shape index (κ3) is 3.98. The van der Waals surface area contributed by atoms with Crippen LogP contribution in [-0.2, 0) is 4.74 Å². The van der Waals surface area contributed by atoms with E-state index in [-0.39, 0.29) is 12.0 Å². The molecule has 1 aliphatic heterocycles. The SMILES string of the molecule is CC(C)c1ccc(-c2nc(C(=O)NC[C@@H]3CCCO3)cs2)cc1. The van der Waals surface area contributed by atoms with Crippen molar-refractivity contribution in [1.82, 2.24) is 10.3 Å². The first-order valence-corrected chi connectivity index (χ1v) is 8.97. The summed E-state index contributed by atoms with van der Waals surface area (Å²) in [5.74, 6) is 0.390. The Balaban J connectivity index is 1.63. The smallest absolute Gasteiger partial charge is 0.270 e. The number of carbonyl (C=O) groups excluding carboxylic acids is 1. The highest BCUT2D eigenvalue weighted by molar-refractivity contribution is 7.13. The van der Waals surface area contributed by atoms with Gasteiger partial charge in [0.05, 0.1) is 6.10 Å². The molecule has 1 aliphatic rings. The minimum Gasteiger partial charge on any atom is -0.376 e. The van der Waals surface area contributed by atoms with Gasteiger partial charge in [-0.3, -0.25) is 4.79 Å². The van der Waals surface area contributed by atoms with Crippen LogP contribution in [0.5, 0.6) is 0 Å². The molecule has 2 heterocycles. The molecule has 0 radical (unpaired) electrons. The molecule has 122 valence electrons. The molecule has 0 saturated carbocycles. The Bertz CT molecular complexity index is 658. The molecule has 23 heavy (non-hydrogen) atoms. The Morgan fingerprint density at radius 2 is 2.17 bits per heavy atom. The molecule has 1 aromatic heterocycles. The number of aromatic nitrogens is 1. The third-order valence-electron chi connectivity index (χ3n) is 4.08. The summed E-state index contributed by atoms with van der Waals surface area (Å²) in [6, 6.07) is 8.39. The molecule has 0 spiro atoms. The van der Waals surface area contributed by atoms with E-state index in [1.54, 1.807) is 0 Å². The fourth-order valence-corrected chi connectivity index (χ4v) is 3.43. The number of rotatable bonds is 5. The van der Waals surface area contributed by atoms with Crippen molar-refractivity contribution in [3.8, 4) is 10.6 Å². The fourth-order valence-electron chi connectivity index (χ4n) is 2.62. The van der Waals surface area contributed by atoms with Crippen molar-refractivity contribution in [2.75, 3.05) is 13.2 Å². The van der Waals surface area contributed by atoms with E-state index < -0.39 is 0 Å². The number of benzene rings is 1.